The molecule has 1 fully saturated rings. The summed E-state index contributed by atoms with van der Waals surface area (Å²) in [4.78, 5) is 18.0. The van der Waals surface area contributed by atoms with Crippen LogP contribution in [0.25, 0.3) is 16.7 Å². The highest BCUT2D eigenvalue weighted by Crippen LogP contribution is 2.49. The summed E-state index contributed by atoms with van der Waals surface area (Å²) in [5.74, 6) is 2.94. The van der Waals surface area contributed by atoms with E-state index in [0.29, 0.717) is 30.8 Å². The fourth-order valence-corrected chi connectivity index (χ4v) is 11.8. The fraction of sp³-hybridized carbons (Fsp3) is 0.333. The van der Waals surface area contributed by atoms with Crippen molar-refractivity contribution >= 4 is 45.8 Å². The van der Waals surface area contributed by atoms with Crippen molar-refractivity contribution in [2.45, 2.75) is 94.4 Å². The number of aromatic nitrogens is 4. The maximum atomic E-state index is 6.65. The van der Waals surface area contributed by atoms with Crippen LogP contribution in [0, 0.1) is 5.92 Å². The number of hydrogen-bond acceptors (Lipinski definition) is 12. The van der Waals surface area contributed by atoms with Crippen LogP contribution in [-0.4, -0.2) is 68.7 Å². The average molecular weight is 905 g/mol. The Morgan fingerprint density at radius 3 is 2.72 bits per heavy atom. The Bertz CT molecular complexity index is 3100. The van der Waals surface area contributed by atoms with Crippen LogP contribution in [0.1, 0.15) is 79.7 Å². The number of hydrogen-bond donors (Lipinski definition) is 2. The second kappa shape index (κ2) is 16.2. The van der Waals surface area contributed by atoms with Gasteiger partial charge in [-0.25, -0.2) is 15.4 Å². The van der Waals surface area contributed by atoms with E-state index in [4.69, 9.17) is 33.9 Å². The lowest BCUT2D eigenvalue weighted by atomic mass is 9.93. The number of allylic oxidation sites excluding steroid dienone is 5. The largest absolute Gasteiger partial charge is 0.462 e. The molecule has 6 aliphatic heterocycles. The van der Waals surface area contributed by atoms with Gasteiger partial charge in [0, 0.05) is 71.5 Å². The van der Waals surface area contributed by atoms with Crippen LogP contribution in [-0.2, 0) is 27.1 Å². The second-order valence-electron chi connectivity index (χ2n) is 19.0. The summed E-state index contributed by atoms with van der Waals surface area (Å²) in [7, 11) is 0. The number of hydrazine groups is 1. The van der Waals surface area contributed by atoms with Gasteiger partial charge in [-0.2, -0.15) is 10.2 Å². The molecular weight excluding hydrogens is 853 g/mol. The van der Waals surface area contributed by atoms with Gasteiger partial charge in [0.05, 0.1) is 47.8 Å². The van der Waals surface area contributed by atoms with Crippen molar-refractivity contribution in [3.63, 3.8) is 0 Å². The van der Waals surface area contributed by atoms with Gasteiger partial charge in [-0.15, -0.1) is 0 Å². The van der Waals surface area contributed by atoms with Crippen molar-refractivity contribution in [3.8, 4) is 5.88 Å². The van der Waals surface area contributed by atoms with Crippen molar-refractivity contribution in [3.05, 3.63) is 162 Å². The molecule has 7 unspecified atom stereocenters. The molecule has 4 aromatic heterocycles. The molecule has 68 heavy (non-hydrogen) atoms. The summed E-state index contributed by atoms with van der Waals surface area (Å²) in [5.41, 5.74) is 14.5. The molecule has 9 aliphatic rings. The Labute approximate surface area is 394 Å². The summed E-state index contributed by atoms with van der Waals surface area (Å²) < 4.78 is 31.1. The number of para-hydroxylation sites is 1. The first-order valence-corrected chi connectivity index (χ1v) is 24.4. The molecule has 0 spiro atoms. The average Bonchev–Trinajstić information content (AvgIpc) is 4.26. The molecule has 0 amide bonds. The fourth-order valence-electron chi connectivity index (χ4n) is 11.8. The highest BCUT2D eigenvalue weighted by atomic mass is 16.7. The lowest BCUT2D eigenvalue weighted by Gasteiger charge is -2.29. The van der Waals surface area contributed by atoms with Crippen LogP contribution < -0.4 is 25.5 Å². The van der Waals surface area contributed by atoms with E-state index in [2.05, 4.69) is 133 Å². The van der Waals surface area contributed by atoms with Crippen LogP contribution in [0.2, 0.25) is 0 Å². The molecule has 0 bridgehead atoms. The summed E-state index contributed by atoms with van der Waals surface area (Å²) in [6.45, 7) is 1.66. The van der Waals surface area contributed by atoms with E-state index in [1.54, 1.807) is 0 Å². The predicted molar refractivity (Wildman–Crippen MR) is 261 cm³/mol. The minimum atomic E-state index is -0.523. The van der Waals surface area contributed by atoms with Crippen molar-refractivity contribution < 1.29 is 18.9 Å². The van der Waals surface area contributed by atoms with Crippen LogP contribution in [0.3, 0.4) is 0 Å². The van der Waals surface area contributed by atoms with Gasteiger partial charge in [0.2, 0.25) is 12.2 Å². The van der Waals surface area contributed by atoms with Crippen molar-refractivity contribution in [2.75, 3.05) is 23.1 Å². The predicted octanol–water partition coefficient (Wildman–Crippen LogP) is 9.01. The van der Waals surface area contributed by atoms with Crippen LogP contribution >= 0.6 is 0 Å². The molecule has 10 heterocycles. The van der Waals surface area contributed by atoms with E-state index >= 15 is 0 Å². The third-order valence-electron chi connectivity index (χ3n) is 14.9. The number of dihydropyridines is 1. The molecule has 1 saturated heterocycles. The van der Waals surface area contributed by atoms with Crippen LogP contribution in [0.5, 0.6) is 5.88 Å². The Balaban J connectivity index is 0.699. The summed E-state index contributed by atoms with van der Waals surface area (Å²) >= 11 is 0. The first-order valence-electron chi connectivity index (χ1n) is 24.4. The van der Waals surface area contributed by atoms with Crippen molar-refractivity contribution in [2.24, 2.45) is 16.0 Å². The third-order valence-corrected chi connectivity index (χ3v) is 14.9. The number of anilines is 3. The molecule has 14 nitrogen and oxygen atoms in total. The Hall–Kier alpha value is -7.32. The van der Waals surface area contributed by atoms with E-state index in [-0.39, 0.29) is 30.2 Å². The van der Waals surface area contributed by atoms with E-state index in [1.807, 2.05) is 29.7 Å². The number of benzene rings is 1. The molecule has 14 heteroatoms. The Morgan fingerprint density at radius 2 is 1.84 bits per heavy atom. The van der Waals surface area contributed by atoms with E-state index in [0.717, 1.165) is 103 Å². The summed E-state index contributed by atoms with van der Waals surface area (Å²) in [5, 5.41) is 11.1. The molecule has 2 N–H and O–H groups in total. The van der Waals surface area contributed by atoms with E-state index in [1.165, 1.54) is 28.8 Å². The smallest absolute Gasteiger partial charge is 0.276 e. The van der Waals surface area contributed by atoms with Gasteiger partial charge < -0.3 is 33.7 Å². The normalized spacial score (nSPS) is 27.4. The third kappa shape index (κ3) is 6.70. The van der Waals surface area contributed by atoms with Gasteiger partial charge in [0.15, 0.2) is 5.82 Å². The SMILES string of the molecule is C1=CC(n2c3c(c4cccnc42)CC(OC2=CC4C=C5OC(Oc6ccc7c(n6)C6N=C(c8ccc(N9N=CCN9)n8C8=CCCCC8)C=CC6N7c6ccccc6)CC5=CC4O2)CC3)CCN1. The number of fused-ring (bicyclic) bond motifs is 8. The number of rotatable bonds is 9. The maximum absolute atomic E-state index is 6.65. The number of aliphatic imine (C=N–C) groups is 1. The molecular formula is C54H52N10O4. The number of pyridine rings is 2. The maximum Gasteiger partial charge on any atom is 0.276 e. The quantitative estimate of drug-likeness (QED) is 0.148. The number of nitrogens with one attached hydrogen (secondary N) is 2. The molecule has 342 valence electrons. The number of hydrazone groups is 1. The lowest BCUT2D eigenvalue weighted by Crippen LogP contribution is -2.32. The molecule has 0 saturated carbocycles. The van der Waals surface area contributed by atoms with E-state index in [9.17, 15) is 0 Å². The van der Waals surface area contributed by atoms with Gasteiger partial charge in [0.1, 0.15) is 29.7 Å². The zero-order valence-electron chi connectivity index (χ0n) is 37.7. The molecule has 5 aromatic rings. The monoisotopic (exact) mass is 904 g/mol. The zero-order chi connectivity index (χ0) is 44.7. The summed E-state index contributed by atoms with van der Waals surface area (Å²) in [6, 6.07) is 23.1. The van der Waals surface area contributed by atoms with Crippen molar-refractivity contribution in [1.29, 1.82) is 0 Å². The molecule has 0 radical (unpaired) electrons. The molecule has 7 atom stereocenters. The minimum Gasteiger partial charge on any atom is -0.462 e. The van der Waals surface area contributed by atoms with Gasteiger partial charge in [-0.05, 0) is 123 Å². The first-order chi connectivity index (χ1) is 33.7. The summed E-state index contributed by atoms with van der Waals surface area (Å²) in [6.07, 6.45) is 29.5. The molecule has 1 aromatic carbocycles. The van der Waals surface area contributed by atoms with E-state index < -0.39 is 6.29 Å². The topological polar surface area (TPSA) is 128 Å². The highest BCUT2D eigenvalue weighted by molar-refractivity contribution is 6.10. The number of ether oxygens (including phenoxy) is 4. The van der Waals surface area contributed by atoms with Gasteiger partial charge >= 0.3 is 0 Å². The Morgan fingerprint density at radius 1 is 0.868 bits per heavy atom. The lowest BCUT2D eigenvalue weighted by molar-refractivity contribution is -0.0216. The Kier molecular flexibility index (Phi) is 9.48. The van der Waals surface area contributed by atoms with Crippen LogP contribution in [0.4, 0.5) is 17.2 Å². The number of nitrogens with zero attached hydrogens (tertiary/aromatic N) is 8. The first kappa shape index (κ1) is 39.8. The van der Waals surface area contributed by atoms with Gasteiger partial charge in [-0.3, -0.25) is 9.56 Å². The molecule has 14 rings (SSSR count). The van der Waals surface area contributed by atoms with Crippen molar-refractivity contribution in [1.82, 2.24) is 29.8 Å². The van der Waals surface area contributed by atoms with Gasteiger partial charge in [0.25, 0.3) is 5.95 Å². The standard InChI is InChI=1S/C54H52N10O4/c1-3-8-35(9-4-1)61-44-16-14-41(43-18-20-49(64-57-26-27-58-64)62(43)36-10-5-2-6-11-36)59-52(44)53-45(61)17-19-48(60-53)68-51-31-34-29-46-33(28-47(34)67-51)30-50(66-46)65-38-13-15-42-40(32-38)39-12-7-23-56-54(39)63(42)37-21-24-55-25-22-37/h1,3-4,7-10,12,14,16-21,23-24,26,28-30,33,37-38,44,46,51-52,55,58H,2,5-6,11,13,15,22,25,27,31-32H2. The molecule has 3 aliphatic carbocycles. The zero-order valence-corrected chi connectivity index (χ0v) is 37.7. The van der Waals surface area contributed by atoms with Crippen LogP contribution in [0.15, 0.2) is 149 Å². The minimum absolute atomic E-state index is 0.0100. The van der Waals surface area contributed by atoms with Gasteiger partial charge in [-0.1, -0.05) is 30.4 Å². The highest BCUT2D eigenvalue weighted by Gasteiger charge is 2.43. The second-order valence-corrected chi connectivity index (χ2v) is 19.0.